The van der Waals surface area contributed by atoms with Crippen molar-refractivity contribution in [3.8, 4) is 0 Å². The van der Waals surface area contributed by atoms with Crippen LogP contribution in [-0.4, -0.2) is 15.4 Å². The first kappa shape index (κ1) is 6.40. The summed E-state index contributed by atoms with van der Waals surface area (Å²) in [5.74, 6) is 0. The van der Waals surface area contributed by atoms with Crippen LogP contribution in [0.1, 0.15) is 0 Å². The average molecular weight is 125 g/mol. The van der Waals surface area contributed by atoms with Crippen molar-refractivity contribution >= 4 is 15.4 Å². The molecule has 0 amide bonds. The summed E-state index contributed by atoms with van der Waals surface area (Å²) in [6.07, 6.45) is 2.80. The molecule has 1 saturated heterocycles. The first-order valence-electron chi connectivity index (χ1n) is 3.52. The molecule has 0 spiro atoms. The molecule has 1 heterocycles. The fraction of sp³-hybridized carbons (Fsp3) is 1.00. The van der Waals surface area contributed by atoms with E-state index < -0.39 is 8.07 Å². The fourth-order valence-electron chi connectivity index (χ4n) is 1.25. The van der Waals surface area contributed by atoms with Gasteiger partial charge in [-0.05, 0) is 0 Å². The molecule has 0 aromatic heterocycles. The van der Waals surface area contributed by atoms with Gasteiger partial charge in [-0.25, -0.2) is 0 Å². The summed E-state index contributed by atoms with van der Waals surface area (Å²) in [5, 5.41) is 0. The molecule has 0 nitrogen and oxygen atoms in total. The third kappa shape index (κ3) is 1.66. The van der Waals surface area contributed by atoms with E-state index in [0.717, 1.165) is 0 Å². The van der Waals surface area contributed by atoms with E-state index in [0.29, 0.717) is 0 Å². The van der Waals surface area contributed by atoms with Gasteiger partial charge in [-0.1, -0.05) is 37.8 Å². The lowest BCUT2D eigenvalue weighted by atomic mass is 9.72. The number of hydrogen-bond acceptors (Lipinski definition) is 0. The van der Waals surface area contributed by atoms with Crippen LogP contribution in [-0.2, 0) is 0 Å². The molecule has 1 radical (unpaired) electrons. The average Bonchev–Trinajstić information content (AvgIpc) is 1.65. The normalized spacial score (nSPS) is 26.8. The smallest absolute Gasteiger partial charge is 0.0826 e. The molecule has 0 aliphatic carbocycles. The summed E-state index contributed by atoms with van der Waals surface area (Å²) < 4.78 is 0. The molecule has 1 fully saturated rings. The molecule has 0 bridgehead atoms. The predicted octanol–water partition coefficient (Wildman–Crippen LogP) is 2.25. The lowest BCUT2D eigenvalue weighted by Gasteiger charge is -2.26. The largest absolute Gasteiger partial charge is 0.108 e. The Morgan fingerprint density at radius 3 is 1.88 bits per heavy atom. The highest BCUT2D eigenvalue weighted by atomic mass is 28.3. The zero-order valence-corrected chi connectivity index (χ0v) is 6.91. The summed E-state index contributed by atoms with van der Waals surface area (Å²) in [6, 6.07) is 3.07. The minimum atomic E-state index is -0.622. The molecule has 1 rings (SSSR count). The summed E-state index contributed by atoms with van der Waals surface area (Å²) in [5.41, 5.74) is 0. The van der Waals surface area contributed by atoms with Crippen molar-refractivity contribution in [2.75, 3.05) is 0 Å². The molecule has 2 heteroatoms. The lowest BCUT2D eigenvalue weighted by molar-refractivity contribution is 1.17. The van der Waals surface area contributed by atoms with E-state index >= 15 is 0 Å². The molecule has 0 unspecified atom stereocenters. The highest BCUT2D eigenvalue weighted by Gasteiger charge is 2.22. The van der Waals surface area contributed by atoms with E-state index in [9.17, 15) is 0 Å². The molecule has 1 aliphatic heterocycles. The van der Waals surface area contributed by atoms with Gasteiger partial charge < -0.3 is 0 Å². The van der Waals surface area contributed by atoms with Crippen molar-refractivity contribution in [3.63, 3.8) is 0 Å². The van der Waals surface area contributed by atoms with Crippen molar-refractivity contribution in [1.82, 2.24) is 0 Å². The van der Waals surface area contributed by atoms with Gasteiger partial charge >= 0.3 is 0 Å². The molecule has 0 N–H and O–H groups in total. The highest BCUT2D eigenvalue weighted by molar-refractivity contribution is 6.79. The molecule has 1 aliphatic rings. The first-order valence-corrected chi connectivity index (χ1v) is 6.94. The van der Waals surface area contributed by atoms with Gasteiger partial charge in [-0.2, -0.15) is 0 Å². The van der Waals surface area contributed by atoms with Crippen LogP contribution >= 0.6 is 0 Å². The fourth-order valence-corrected chi connectivity index (χ4v) is 3.48. The van der Waals surface area contributed by atoms with Crippen LogP contribution in [0.2, 0.25) is 37.8 Å². The third-order valence-electron chi connectivity index (χ3n) is 2.05. The highest BCUT2D eigenvalue weighted by Crippen LogP contribution is 2.24. The van der Waals surface area contributed by atoms with Crippen LogP contribution in [0, 0.1) is 0 Å². The summed E-state index contributed by atoms with van der Waals surface area (Å²) in [7, 11) is 1.82. The van der Waals surface area contributed by atoms with Gasteiger partial charge in [-0.3, -0.25) is 0 Å². The van der Waals surface area contributed by atoms with Crippen molar-refractivity contribution in [2.24, 2.45) is 0 Å². The summed E-state index contributed by atoms with van der Waals surface area (Å²) >= 11 is 0. The van der Waals surface area contributed by atoms with Crippen molar-refractivity contribution in [2.45, 2.75) is 37.8 Å². The Labute approximate surface area is 53.9 Å². The lowest BCUT2D eigenvalue weighted by Crippen LogP contribution is -2.28. The van der Waals surface area contributed by atoms with E-state index in [4.69, 9.17) is 0 Å². The quantitative estimate of drug-likeness (QED) is 0.435. The van der Waals surface area contributed by atoms with Crippen LogP contribution in [0.4, 0.5) is 0 Å². The SMILES string of the molecule is C[Si]1(C)CC[B]CC1. The van der Waals surface area contributed by atoms with Crippen LogP contribution in [0.5, 0.6) is 0 Å². The Kier molecular flexibility index (Phi) is 1.81. The van der Waals surface area contributed by atoms with Gasteiger partial charge in [0.1, 0.15) is 7.28 Å². The Balaban J connectivity index is 2.33. The van der Waals surface area contributed by atoms with Crippen LogP contribution in [0.3, 0.4) is 0 Å². The second-order valence-corrected chi connectivity index (χ2v) is 8.86. The second kappa shape index (κ2) is 2.26. The van der Waals surface area contributed by atoms with Crippen LogP contribution < -0.4 is 0 Å². The van der Waals surface area contributed by atoms with E-state index in [2.05, 4.69) is 20.4 Å². The Hall–Kier alpha value is 0.282. The van der Waals surface area contributed by atoms with Crippen molar-refractivity contribution < 1.29 is 0 Å². The molecule has 45 valence electrons. The van der Waals surface area contributed by atoms with Gasteiger partial charge in [-0.15, -0.1) is 0 Å². The molecular weight excluding hydrogens is 111 g/mol. The monoisotopic (exact) mass is 125 g/mol. The van der Waals surface area contributed by atoms with Crippen LogP contribution in [0.15, 0.2) is 0 Å². The van der Waals surface area contributed by atoms with Gasteiger partial charge in [0, 0.05) is 8.07 Å². The van der Waals surface area contributed by atoms with Crippen molar-refractivity contribution in [1.29, 1.82) is 0 Å². The third-order valence-corrected chi connectivity index (χ3v) is 5.33. The van der Waals surface area contributed by atoms with Crippen molar-refractivity contribution in [3.05, 3.63) is 0 Å². The molecular formula is C6H14BSi. The summed E-state index contributed by atoms with van der Waals surface area (Å²) in [4.78, 5) is 0. The van der Waals surface area contributed by atoms with Gasteiger partial charge in [0.25, 0.3) is 0 Å². The molecule has 0 aromatic carbocycles. The molecule has 0 aromatic rings. The number of hydrogen-bond donors (Lipinski definition) is 0. The maximum atomic E-state index is 2.50. The van der Waals surface area contributed by atoms with Crippen LogP contribution in [0.25, 0.3) is 0 Å². The van der Waals surface area contributed by atoms with E-state index in [1.165, 1.54) is 24.7 Å². The topological polar surface area (TPSA) is 0 Å². The molecule has 0 saturated carbocycles. The Bertz CT molecular complexity index is 72.6. The maximum Gasteiger partial charge on any atom is 0.108 e. The Morgan fingerprint density at radius 2 is 1.62 bits per heavy atom. The first-order chi connectivity index (χ1) is 3.71. The predicted molar refractivity (Wildman–Crippen MR) is 42.5 cm³/mol. The minimum absolute atomic E-state index is 0.622. The van der Waals surface area contributed by atoms with Gasteiger partial charge in [0.15, 0.2) is 0 Å². The van der Waals surface area contributed by atoms with Gasteiger partial charge in [0.2, 0.25) is 0 Å². The van der Waals surface area contributed by atoms with E-state index in [1.54, 1.807) is 0 Å². The van der Waals surface area contributed by atoms with Gasteiger partial charge in [0.05, 0.1) is 0 Å². The molecule has 0 atom stereocenters. The van der Waals surface area contributed by atoms with E-state index in [1.807, 2.05) is 0 Å². The van der Waals surface area contributed by atoms with E-state index in [-0.39, 0.29) is 0 Å². The number of rotatable bonds is 0. The summed E-state index contributed by atoms with van der Waals surface area (Å²) in [6.45, 7) is 5.00. The minimum Gasteiger partial charge on any atom is -0.0826 e. The zero-order chi connectivity index (χ0) is 6.04. The standard InChI is InChI=1S/C6H14BSi/c1-8(2)5-3-7-4-6-8/h3-6H2,1-2H3. The molecule has 8 heavy (non-hydrogen) atoms. The zero-order valence-electron chi connectivity index (χ0n) is 5.91. The Morgan fingerprint density at radius 1 is 1.12 bits per heavy atom. The maximum absolute atomic E-state index is 2.50. The second-order valence-electron chi connectivity index (χ2n) is 3.53.